The van der Waals surface area contributed by atoms with Gasteiger partial charge in [0, 0.05) is 44.8 Å². The van der Waals surface area contributed by atoms with E-state index in [1.54, 1.807) is 11.0 Å². The smallest absolute Gasteiger partial charge is 0.410 e. The Morgan fingerprint density at radius 3 is 2.48 bits per heavy atom. The second-order valence-electron chi connectivity index (χ2n) is 6.87. The normalized spacial score (nSPS) is 16.5. The molecule has 1 aromatic rings. The van der Waals surface area contributed by atoms with E-state index in [-0.39, 0.29) is 18.5 Å². The van der Waals surface area contributed by atoms with Crippen molar-refractivity contribution in [3.05, 3.63) is 35.1 Å². The number of halogens is 1. The van der Waals surface area contributed by atoms with Crippen molar-refractivity contribution >= 4 is 6.09 Å². The lowest BCUT2D eigenvalue weighted by Crippen LogP contribution is -2.49. The minimum Gasteiger partial charge on any atom is -0.444 e. The first-order chi connectivity index (χ1) is 10.8. The van der Waals surface area contributed by atoms with Crippen molar-refractivity contribution in [1.29, 1.82) is 0 Å². The number of carbonyl (C=O) groups excluding carboxylic acids is 1. The molecule has 0 bridgehead atoms. The highest BCUT2D eigenvalue weighted by Crippen LogP contribution is 2.15. The van der Waals surface area contributed by atoms with E-state index in [9.17, 15) is 9.18 Å². The lowest BCUT2D eigenvalue weighted by atomic mass is 10.1. The van der Waals surface area contributed by atoms with Gasteiger partial charge < -0.3 is 15.4 Å². The first kappa shape index (κ1) is 17.7. The van der Waals surface area contributed by atoms with Gasteiger partial charge in [-0.15, -0.1) is 0 Å². The molecular formula is C17H26FN3O2. The summed E-state index contributed by atoms with van der Waals surface area (Å²) in [5.74, 6) is -0.258. The van der Waals surface area contributed by atoms with E-state index in [0.29, 0.717) is 18.7 Å². The number of hydrogen-bond donors (Lipinski definition) is 1. The molecule has 0 saturated carbocycles. The van der Waals surface area contributed by atoms with Crippen LogP contribution in [0, 0.1) is 5.82 Å². The second-order valence-corrected chi connectivity index (χ2v) is 6.87. The van der Waals surface area contributed by atoms with Crippen LogP contribution in [-0.4, -0.2) is 47.7 Å². The molecule has 2 rings (SSSR count). The van der Waals surface area contributed by atoms with Crippen LogP contribution < -0.4 is 5.73 Å². The number of rotatable bonds is 3. The number of nitrogens with zero attached hydrogens (tertiary/aromatic N) is 2. The maximum Gasteiger partial charge on any atom is 0.410 e. The van der Waals surface area contributed by atoms with Gasteiger partial charge in [0.05, 0.1) is 0 Å². The third-order valence-corrected chi connectivity index (χ3v) is 3.76. The van der Waals surface area contributed by atoms with Crippen molar-refractivity contribution in [2.45, 2.75) is 39.5 Å². The molecule has 128 valence electrons. The zero-order chi connectivity index (χ0) is 17.0. The molecule has 0 aliphatic carbocycles. The van der Waals surface area contributed by atoms with E-state index in [1.807, 2.05) is 26.8 Å². The number of benzene rings is 1. The Morgan fingerprint density at radius 2 is 1.91 bits per heavy atom. The van der Waals surface area contributed by atoms with Crippen molar-refractivity contribution in [3.63, 3.8) is 0 Å². The zero-order valence-corrected chi connectivity index (χ0v) is 14.1. The number of piperazine rings is 1. The molecule has 2 N–H and O–H groups in total. The Kier molecular flexibility index (Phi) is 5.59. The molecule has 1 aromatic carbocycles. The monoisotopic (exact) mass is 323 g/mol. The highest BCUT2D eigenvalue weighted by Gasteiger charge is 2.25. The average Bonchev–Trinajstić information content (AvgIpc) is 2.48. The maximum atomic E-state index is 13.5. The molecule has 1 amide bonds. The summed E-state index contributed by atoms with van der Waals surface area (Å²) < 4.78 is 18.9. The van der Waals surface area contributed by atoms with Crippen LogP contribution in [0.2, 0.25) is 0 Å². The molecule has 1 saturated heterocycles. The van der Waals surface area contributed by atoms with Crippen molar-refractivity contribution in [1.82, 2.24) is 9.80 Å². The van der Waals surface area contributed by atoms with Gasteiger partial charge in [0.15, 0.2) is 0 Å². The van der Waals surface area contributed by atoms with Gasteiger partial charge in [-0.2, -0.15) is 0 Å². The topological polar surface area (TPSA) is 58.8 Å². The summed E-state index contributed by atoms with van der Waals surface area (Å²) in [5.41, 5.74) is 6.65. The number of hydrogen-bond acceptors (Lipinski definition) is 4. The van der Waals surface area contributed by atoms with Gasteiger partial charge in [0.1, 0.15) is 11.4 Å². The van der Waals surface area contributed by atoms with Gasteiger partial charge in [-0.1, -0.05) is 12.1 Å². The van der Waals surface area contributed by atoms with Crippen LogP contribution in [0.25, 0.3) is 0 Å². The fourth-order valence-corrected chi connectivity index (χ4v) is 2.56. The molecule has 0 atom stereocenters. The van der Waals surface area contributed by atoms with Crippen molar-refractivity contribution in [2.24, 2.45) is 5.73 Å². The highest BCUT2D eigenvalue weighted by molar-refractivity contribution is 5.68. The first-order valence-electron chi connectivity index (χ1n) is 7.96. The molecule has 0 spiro atoms. The predicted molar refractivity (Wildman–Crippen MR) is 87.4 cm³/mol. The summed E-state index contributed by atoms with van der Waals surface area (Å²) in [5, 5.41) is 0. The van der Waals surface area contributed by atoms with Crippen LogP contribution in [-0.2, 0) is 17.8 Å². The SMILES string of the molecule is CC(C)(C)OC(=O)N1CCN(Cc2ccc(F)c(CN)c2)CC1. The quantitative estimate of drug-likeness (QED) is 0.927. The van der Waals surface area contributed by atoms with Crippen LogP contribution in [0.4, 0.5) is 9.18 Å². The van der Waals surface area contributed by atoms with Crippen LogP contribution in [0.15, 0.2) is 18.2 Å². The van der Waals surface area contributed by atoms with E-state index in [1.165, 1.54) is 6.07 Å². The van der Waals surface area contributed by atoms with Crippen LogP contribution >= 0.6 is 0 Å². The fourth-order valence-electron chi connectivity index (χ4n) is 2.56. The van der Waals surface area contributed by atoms with Gasteiger partial charge in [0.25, 0.3) is 0 Å². The van der Waals surface area contributed by atoms with Gasteiger partial charge in [0.2, 0.25) is 0 Å². The molecule has 1 heterocycles. The van der Waals surface area contributed by atoms with Crippen LogP contribution in [0.1, 0.15) is 31.9 Å². The first-order valence-corrected chi connectivity index (χ1v) is 7.96. The molecule has 0 unspecified atom stereocenters. The molecule has 1 aliphatic heterocycles. The number of nitrogens with two attached hydrogens (primary N) is 1. The van der Waals surface area contributed by atoms with Gasteiger partial charge in [-0.05, 0) is 32.4 Å². The summed E-state index contributed by atoms with van der Waals surface area (Å²) >= 11 is 0. The molecule has 1 fully saturated rings. The van der Waals surface area contributed by atoms with Crippen LogP contribution in [0.3, 0.4) is 0 Å². The van der Waals surface area contributed by atoms with E-state index < -0.39 is 5.60 Å². The largest absolute Gasteiger partial charge is 0.444 e. The summed E-state index contributed by atoms with van der Waals surface area (Å²) in [6.45, 7) is 9.35. The molecule has 23 heavy (non-hydrogen) atoms. The fraction of sp³-hybridized carbons (Fsp3) is 0.588. The highest BCUT2D eigenvalue weighted by atomic mass is 19.1. The molecule has 6 heteroatoms. The molecular weight excluding hydrogens is 297 g/mol. The maximum absolute atomic E-state index is 13.5. The van der Waals surface area contributed by atoms with Crippen LogP contribution in [0.5, 0.6) is 0 Å². The van der Waals surface area contributed by atoms with Crippen molar-refractivity contribution < 1.29 is 13.9 Å². The Bertz CT molecular complexity index is 549. The lowest BCUT2D eigenvalue weighted by Gasteiger charge is -2.35. The summed E-state index contributed by atoms with van der Waals surface area (Å²) in [4.78, 5) is 16.0. The predicted octanol–water partition coefficient (Wildman–Crippen LogP) is 2.34. The minimum atomic E-state index is -0.471. The Balaban J connectivity index is 1.86. The number of ether oxygens (including phenoxy) is 1. The van der Waals surface area contributed by atoms with Crippen molar-refractivity contribution in [3.8, 4) is 0 Å². The Labute approximate surface area is 137 Å². The molecule has 1 aliphatic rings. The van der Waals surface area contributed by atoms with Gasteiger partial charge in [-0.3, -0.25) is 4.90 Å². The minimum absolute atomic E-state index is 0.200. The molecule has 5 nitrogen and oxygen atoms in total. The Morgan fingerprint density at radius 1 is 1.26 bits per heavy atom. The zero-order valence-electron chi connectivity index (χ0n) is 14.1. The third-order valence-electron chi connectivity index (χ3n) is 3.76. The van der Waals surface area contributed by atoms with Gasteiger partial charge in [-0.25, -0.2) is 9.18 Å². The van der Waals surface area contributed by atoms with E-state index in [4.69, 9.17) is 10.5 Å². The summed E-state index contributed by atoms with van der Waals surface area (Å²) in [7, 11) is 0. The van der Waals surface area contributed by atoms with Crippen molar-refractivity contribution in [2.75, 3.05) is 26.2 Å². The molecule has 0 radical (unpaired) electrons. The van der Waals surface area contributed by atoms with Gasteiger partial charge >= 0.3 is 6.09 Å². The summed E-state index contributed by atoms with van der Waals surface area (Å²) in [6.07, 6.45) is -0.260. The number of carbonyl (C=O) groups is 1. The molecule has 0 aromatic heterocycles. The van der Waals surface area contributed by atoms with E-state index in [0.717, 1.165) is 25.2 Å². The average molecular weight is 323 g/mol. The third kappa shape index (κ3) is 5.18. The standard InChI is InChI=1S/C17H26FN3O2/c1-17(2,3)23-16(22)21-8-6-20(7-9-21)12-13-4-5-15(18)14(10-13)11-19/h4-5,10H,6-9,11-12,19H2,1-3H3. The number of amides is 1. The summed E-state index contributed by atoms with van der Waals surface area (Å²) in [6, 6.07) is 5.07. The second kappa shape index (κ2) is 7.27. The van der Waals surface area contributed by atoms with E-state index in [2.05, 4.69) is 4.90 Å². The lowest BCUT2D eigenvalue weighted by molar-refractivity contribution is 0.0139. The Hall–Kier alpha value is -1.66. The van der Waals surface area contributed by atoms with E-state index >= 15 is 0 Å².